The van der Waals surface area contributed by atoms with Gasteiger partial charge in [-0.15, -0.1) is 0 Å². The van der Waals surface area contributed by atoms with Crippen LogP contribution in [0.4, 0.5) is 0 Å². The highest BCUT2D eigenvalue weighted by molar-refractivity contribution is 6.80. The Hall–Kier alpha value is -0.0431. The van der Waals surface area contributed by atoms with Gasteiger partial charge in [0.2, 0.25) is 0 Å². The standard InChI is InChI=1S/C14H28Si/c1-5-6-7-8-9-13-12-14(13)10-11-15(2,3)4/h10-11,13-14H,5-9,12H2,1-4H3/b11-10+/t13-,14-/m1/s1. The topological polar surface area (TPSA) is 0 Å². The highest BCUT2D eigenvalue weighted by Gasteiger charge is 2.33. The van der Waals surface area contributed by atoms with Gasteiger partial charge in [-0.2, -0.15) is 0 Å². The Morgan fingerprint density at radius 1 is 1.13 bits per heavy atom. The highest BCUT2D eigenvalue weighted by atomic mass is 28.3. The molecule has 0 nitrogen and oxygen atoms in total. The van der Waals surface area contributed by atoms with Crippen LogP contribution in [-0.2, 0) is 0 Å². The molecule has 0 N–H and O–H groups in total. The van der Waals surface area contributed by atoms with Crippen LogP contribution < -0.4 is 0 Å². The van der Waals surface area contributed by atoms with Crippen molar-refractivity contribution in [3.63, 3.8) is 0 Å². The molecular weight excluding hydrogens is 196 g/mol. The molecule has 0 radical (unpaired) electrons. The summed E-state index contributed by atoms with van der Waals surface area (Å²) in [5.41, 5.74) is 2.53. The number of allylic oxidation sites excluding steroid dienone is 1. The van der Waals surface area contributed by atoms with E-state index in [-0.39, 0.29) is 0 Å². The molecule has 1 saturated carbocycles. The van der Waals surface area contributed by atoms with E-state index in [1.807, 2.05) is 0 Å². The summed E-state index contributed by atoms with van der Waals surface area (Å²) < 4.78 is 0. The quantitative estimate of drug-likeness (QED) is 0.420. The molecule has 2 atom stereocenters. The zero-order chi connectivity index (χ0) is 11.3. The fourth-order valence-corrected chi connectivity index (χ4v) is 2.91. The third-order valence-electron chi connectivity index (χ3n) is 3.25. The summed E-state index contributed by atoms with van der Waals surface area (Å²) in [4.78, 5) is 0. The molecule has 0 amide bonds. The van der Waals surface area contributed by atoms with Crippen LogP contribution in [-0.4, -0.2) is 8.07 Å². The molecule has 0 spiro atoms. The molecule has 0 heterocycles. The van der Waals surface area contributed by atoms with Gasteiger partial charge in [0.05, 0.1) is 8.07 Å². The Bertz CT molecular complexity index is 200. The second-order valence-corrected chi connectivity index (χ2v) is 11.3. The predicted octanol–water partition coefficient (Wildman–Crippen LogP) is 5.03. The van der Waals surface area contributed by atoms with Crippen molar-refractivity contribution in [2.24, 2.45) is 11.8 Å². The van der Waals surface area contributed by atoms with Crippen molar-refractivity contribution in [2.45, 2.75) is 65.1 Å². The molecule has 1 fully saturated rings. The van der Waals surface area contributed by atoms with Gasteiger partial charge in [-0.3, -0.25) is 0 Å². The molecule has 15 heavy (non-hydrogen) atoms. The Kier molecular flexibility index (Phi) is 5.11. The van der Waals surface area contributed by atoms with Crippen LogP contribution in [0.1, 0.15) is 45.4 Å². The van der Waals surface area contributed by atoms with E-state index in [4.69, 9.17) is 0 Å². The van der Waals surface area contributed by atoms with E-state index in [1.54, 1.807) is 0 Å². The third kappa shape index (κ3) is 6.19. The van der Waals surface area contributed by atoms with E-state index in [1.165, 1.54) is 38.5 Å². The van der Waals surface area contributed by atoms with Crippen LogP contribution in [0.15, 0.2) is 11.8 Å². The predicted molar refractivity (Wildman–Crippen MR) is 72.8 cm³/mol. The van der Waals surface area contributed by atoms with E-state index >= 15 is 0 Å². The summed E-state index contributed by atoms with van der Waals surface area (Å²) in [6.45, 7) is 9.54. The second-order valence-electron chi connectivity index (χ2n) is 6.23. The van der Waals surface area contributed by atoms with Crippen molar-refractivity contribution >= 4 is 8.07 Å². The lowest BCUT2D eigenvalue weighted by Crippen LogP contribution is -2.15. The largest absolute Gasteiger partial charge is 0.0986 e. The molecule has 0 aliphatic heterocycles. The smallest absolute Gasteiger partial charge is 0.0682 e. The van der Waals surface area contributed by atoms with Crippen molar-refractivity contribution in [1.82, 2.24) is 0 Å². The van der Waals surface area contributed by atoms with Gasteiger partial charge >= 0.3 is 0 Å². The SMILES string of the molecule is CCCCCC[C@@H]1C[C@H]1/C=C/[Si](C)(C)C. The lowest BCUT2D eigenvalue weighted by molar-refractivity contribution is 0.585. The van der Waals surface area contributed by atoms with Gasteiger partial charge in [-0.25, -0.2) is 0 Å². The Labute approximate surface area is 97.2 Å². The first-order valence-electron chi connectivity index (χ1n) is 6.72. The van der Waals surface area contributed by atoms with Crippen molar-refractivity contribution in [1.29, 1.82) is 0 Å². The molecule has 0 unspecified atom stereocenters. The molecule has 0 aromatic rings. The number of unbranched alkanes of at least 4 members (excludes halogenated alkanes) is 3. The molecule has 0 saturated heterocycles. The normalized spacial score (nSPS) is 26.1. The van der Waals surface area contributed by atoms with E-state index in [0.717, 1.165) is 11.8 Å². The monoisotopic (exact) mass is 224 g/mol. The second kappa shape index (κ2) is 5.88. The molecule has 1 aliphatic rings. The van der Waals surface area contributed by atoms with Crippen molar-refractivity contribution in [3.05, 3.63) is 11.8 Å². The molecular formula is C14H28Si. The number of hydrogen-bond acceptors (Lipinski definition) is 0. The average Bonchev–Trinajstić information content (AvgIpc) is 2.87. The van der Waals surface area contributed by atoms with Crippen molar-refractivity contribution in [2.75, 3.05) is 0 Å². The van der Waals surface area contributed by atoms with Crippen LogP contribution in [0.25, 0.3) is 0 Å². The highest BCUT2D eigenvalue weighted by Crippen LogP contribution is 2.43. The van der Waals surface area contributed by atoms with Gasteiger partial charge < -0.3 is 0 Å². The van der Waals surface area contributed by atoms with Gasteiger partial charge in [-0.1, -0.05) is 64.0 Å². The summed E-state index contributed by atoms with van der Waals surface area (Å²) in [5.74, 6) is 2.01. The summed E-state index contributed by atoms with van der Waals surface area (Å²) in [7, 11) is -0.934. The zero-order valence-corrected chi connectivity index (χ0v) is 12.1. The number of hydrogen-bond donors (Lipinski definition) is 0. The van der Waals surface area contributed by atoms with E-state index in [0.29, 0.717) is 0 Å². The molecule has 1 rings (SSSR count). The fraction of sp³-hybridized carbons (Fsp3) is 0.857. The lowest BCUT2D eigenvalue weighted by Gasteiger charge is -2.07. The minimum Gasteiger partial charge on any atom is -0.0986 e. The van der Waals surface area contributed by atoms with E-state index < -0.39 is 8.07 Å². The first-order chi connectivity index (χ1) is 7.03. The third-order valence-corrected chi connectivity index (χ3v) is 4.44. The van der Waals surface area contributed by atoms with Crippen LogP contribution in [0.3, 0.4) is 0 Å². The van der Waals surface area contributed by atoms with E-state index in [9.17, 15) is 0 Å². The van der Waals surface area contributed by atoms with Crippen LogP contribution in [0.5, 0.6) is 0 Å². The molecule has 1 aliphatic carbocycles. The fourth-order valence-electron chi connectivity index (χ4n) is 2.08. The Balaban J connectivity index is 2.05. The molecule has 88 valence electrons. The molecule has 1 heteroatoms. The first kappa shape index (κ1) is 13.0. The van der Waals surface area contributed by atoms with Crippen molar-refractivity contribution < 1.29 is 0 Å². The molecule has 0 bridgehead atoms. The van der Waals surface area contributed by atoms with Gasteiger partial charge in [0.25, 0.3) is 0 Å². The average molecular weight is 224 g/mol. The van der Waals surface area contributed by atoms with Crippen molar-refractivity contribution in [3.8, 4) is 0 Å². The number of rotatable bonds is 7. The first-order valence-corrected chi connectivity index (χ1v) is 10.3. The summed E-state index contributed by atoms with van der Waals surface area (Å²) in [5, 5.41) is 0. The maximum atomic E-state index is 2.53. The Morgan fingerprint density at radius 3 is 2.47 bits per heavy atom. The minimum atomic E-state index is -0.934. The minimum absolute atomic E-state index is 0.934. The maximum absolute atomic E-state index is 2.53. The van der Waals surface area contributed by atoms with Gasteiger partial charge in [-0.05, 0) is 24.7 Å². The maximum Gasteiger partial charge on any atom is 0.0682 e. The van der Waals surface area contributed by atoms with Gasteiger partial charge in [0.1, 0.15) is 0 Å². The summed E-state index contributed by atoms with van der Waals surface area (Å²) >= 11 is 0. The summed E-state index contributed by atoms with van der Waals surface area (Å²) in [6.07, 6.45) is 11.2. The van der Waals surface area contributed by atoms with E-state index in [2.05, 4.69) is 38.3 Å². The van der Waals surface area contributed by atoms with Crippen LogP contribution in [0.2, 0.25) is 19.6 Å². The van der Waals surface area contributed by atoms with Gasteiger partial charge in [0, 0.05) is 0 Å². The zero-order valence-electron chi connectivity index (χ0n) is 11.1. The summed E-state index contributed by atoms with van der Waals surface area (Å²) in [6, 6.07) is 0. The molecule has 0 aromatic carbocycles. The van der Waals surface area contributed by atoms with Crippen LogP contribution >= 0.6 is 0 Å². The Morgan fingerprint density at radius 2 is 1.87 bits per heavy atom. The lowest BCUT2D eigenvalue weighted by atomic mass is 10.1. The van der Waals surface area contributed by atoms with Crippen LogP contribution in [0, 0.1) is 11.8 Å². The van der Waals surface area contributed by atoms with Gasteiger partial charge in [0.15, 0.2) is 0 Å². The molecule has 0 aromatic heterocycles.